The van der Waals surface area contributed by atoms with Gasteiger partial charge in [0.05, 0.1) is 5.69 Å². The Morgan fingerprint density at radius 2 is 2.14 bits per heavy atom. The van der Waals surface area contributed by atoms with Crippen LogP contribution in [-0.4, -0.2) is 65.9 Å². The molecule has 0 bridgehead atoms. The number of nitrogens with one attached hydrogen (secondary N) is 1. The molecule has 1 amide bonds. The monoisotopic (exact) mass is 387 g/mol. The summed E-state index contributed by atoms with van der Waals surface area (Å²) >= 11 is 0. The van der Waals surface area contributed by atoms with E-state index in [1.165, 1.54) is 6.07 Å². The Morgan fingerprint density at radius 3 is 2.82 bits per heavy atom. The van der Waals surface area contributed by atoms with E-state index in [1.54, 1.807) is 4.90 Å². The summed E-state index contributed by atoms with van der Waals surface area (Å²) < 4.78 is 5.54. The average molecular weight is 387 g/mol. The summed E-state index contributed by atoms with van der Waals surface area (Å²) in [5.41, 5.74) is 0.575. The van der Waals surface area contributed by atoms with Crippen LogP contribution in [0.15, 0.2) is 27.4 Å². The molecule has 152 valence electrons. The van der Waals surface area contributed by atoms with Crippen molar-refractivity contribution in [3.63, 3.8) is 0 Å². The molecule has 1 aliphatic rings. The Morgan fingerprint density at radius 1 is 1.36 bits per heavy atom. The predicted molar refractivity (Wildman–Crippen MR) is 107 cm³/mol. The van der Waals surface area contributed by atoms with Gasteiger partial charge >= 0.3 is 0 Å². The zero-order valence-corrected chi connectivity index (χ0v) is 17.1. The van der Waals surface area contributed by atoms with Crippen molar-refractivity contribution in [2.24, 2.45) is 0 Å². The molecule has 1 N–H and O–H groups in total. The van der Waals surface area contributed by atoms with Gasteiger partial charge in [0.2, 0.25) is 11.9 Å². The first kappa shape index (κ1) is 20.1. The molecular formula is C20H29N5O3. The van der Waals surface area contributed by atoms with E-state index in [0.29, 0.717) is 31.9 Å². The van der Waals surface area contributed by atoms with Gasteiger partial charge in [-0.25, -0.2) is 4.98 Å². The van der Waals surface area contributed by atoms with Gasteiger partial charge in [0.15, 0.2) is 0 Å². The number of H-pyrrole nitrogens is 1. The molecule has 1 saturated heterocycles. The Bertz CT molecular complexity index is 873. The standard InChI is InChI=1S/C20H29N5O3/c1-14-5-6-17(28-14)7-8-19(27)25-10-9-16(13-25)24(4)12-15-11-18(26)22-20(21-15)23(2)3/h5-6,11,16H,7-10,12-13H2,1-4H3,(H,21,22,26)/t16-/m1/s1. The maximum Gasteiger partial charge on any atom is 0.252 e. The van der Waals surface area contributed by atoms with E-state index in [0.717, 1.165) is 30.2 Å². The quantitative estimate of drug-likeness (QED) is 0.773. The molecule has 0 aromatic carbocycles. The lowest BCUT2D eigenvalue weighted by Gasteiger charge is -2.24. The van der Waals surface area contributed by atoms with E-state index >= 15 is 0 Å². The first-order chi connectivity index (χ1) is 13.3. The van der Waals surface area contributed by atoms with E-state index in [4.69, 9.17) is 4.42 Å². The van der Waals surface area contributed by atoms with Gasteiger partial charge in [0.25, 0.3) is 5.56 Å². The van der Waals surface area contributed by atoms with E-state index in [-0.39, 0.29) is 17.5 Å². The third-order valence-corrected chi connectivity index (χ3v) is 5.14. The number of nitrogens with zero attached hydrogens (tertiary/aromatic N) is 4. The van der Waals surface area contributed by atoms with Crippen molar-refractivity contribution < 1.29 is 9.21 Å². The van der Waals surface area contributed by atoms with Crippen molar-refractivity contribution in [3.05, 3.63) is 45.8 Å². The Balaban J connectivity index is 1.53. The second kappa shape index (κ2) is 8.60. The smallest absolute Gasteiger partial charge is 0.252 e. The van der Waals surface area contributed by atoms with Gasteiger partial charge in [-0.15, -0.1) is 0 Å². The lowest BCUT2D eigenvalue weighted by molar-refractivity contribution is -0.130. The van der Waals surface area contributed by atoms with Crippen LogP contribution >= 0.6 is 0 Å². The molecule has 0 unspecified atom stereocenters. The maximum absolute atomic E-state index is 12.5. The highest BCUT2D eigenvalue weighted by molar-refractivity contribution is 5.76. The van der Waals surface area contributed by atoms with E-state index < -0.39 is 0 Å². The second-order valence-corrected chi connectivity index (χ2v) is 7.66. The number of furan rings is 1. The molecule has 8 heteroatoms. The number of amides is 1. The van der Waals surface area contributed by atoms with Crippen LogP contribution in [0.25, 0.3) is 0 Å². The third kappa shape index (κ3) is 5.01. The van der Waals surface area contributed by atoms with Crippen LogP contribution < -0.4 is 10.5 Å². The minimum atomic E-state index is -0.154. The van der Waals surface area contributed by atoms with E-state index in [9.17, 15) is 9.59 Å². The van der Waals surface area contributed by atoms with Gasteiger partial charge in [-0.1, -0.05) is 0 Å². The molecular weight excluding hydrogens is 358 g/mol. The molecule has 1 atom stereocenters. The fourth-order valence-corrected chi connectivity index (χ4v) is 3.51. The number of likely N-dealkylation sites (tertiary alicyclic amines) is 1. The van der Waals surface area contributed by atoms with Crippen LogP contribution in [0.2, 0.25) is 0 Å². The topological polar surface area (TPSA) is 85.7 Å². The number of aryl methyl sites for hydroxylation is 2. The number of hydrogen-bond acceptors (Lipinski definition) is 6. The number of carbonyl (C=O) groups excluding carboxylic acids is 1. The lowest BCUT2D eigenvalue weighted by atomic mass is 10.2. The minimum absolute atomic E-state index is 0.154. The summed E-state index contributed by atoms with van der Waals surface area (Å²) in [6, 6.07) is 5.65. The highest BCUT2D eigenvalue weighted by Crippen LogP contribution is 2.18. The highest BCUT2D eigenvalue weighted by Gasteiger charge is 2.29. The molecule has 0 aliphatic carbocycles. The summed E-state index contributed by atoms with van der Waals surface area (Å²) in [4.78, 5) is 37.5. The Hall–Kier alpha value is -2.61. The van der Waals surface area contributed by atoms with Crippen molar-refractivity contribution in [2.45, 2.75) is 38.8 Å². The second-order valence-electron chi connectivity index (χ2n) is 7.66. The van der Waals surface area contributed by atoms with Crippen molar-refractivity contribution >= 4 is 11.9 Å². The molecule has 1 fully saturated rings. The number of aromatic nitrogens is 2. The molecule has 28 heavy (non-hydrogen) atoms. The predicted octanol–water partition coefficient (Wildman–Crippen LogP) is 1.40. The van der Waals surface area contributed by atoms with Crippen molar-refractivity contribution in [1.29, 1.82) is 0 Å². The zero-order valence-electron chi connectivity index (χ0n) is 17.1. The average Bonchev–Trinajstić information content (AvgIpc) is 3.28. The Labute approximate surface area is 165 Å². The van der Waals surface area contributed by atoms with Gasteiger partial charge in [-0.2, -0.15) is 0 Å². The van der Waals surface area contributed by atoms with E-state index in [1.807, 2.05) is 45.1 Å². The SMILES string of the molecule is Cc1ccc(CCC(=O)N2CC[C@@H](N(C)Cc3cc(=O)[nH]c(N(C)C)n3)C2)o1. The van der Waals surface area contributed by atoms with Crippen LogP contribution in [0.3, 0.4) is 0 Å². The third-order valence-electron chi connectivity index (χ3n) is 5.14. The van der Waals surface area contributed by atoms with Crippen LogP contribution in [0.4, 0.5) is 5.95 Å². The largest absolute Gasteiger partial charge is 0.466 e. The van der Waals surface area contributed by atoms with E-state index in [2.05, 4.69) is 14.9 Å². The van der Waals surface area contributed by atoms with Crippen molar-refractivity contribution in [2.75, 3.05) is 39.1 Å². The number of rotatable bonds is 7. The molecule has 1 aliphatic heterocycles. The summed E-state index contributed by atoms with van der Waals surface area (Å²) in [7, 11) is 5.70. The minimum Gasteiger partial charge on any atom is -0.466 e. The number of hydrogen-bond donors (Lipinski definition) is 1. The lowest BCUT2D eigenvalue weighted by Crippen LogP contribution is -2.36. The first-order valence-electron chi connectivity index (χ1n) is 9.62. The molecule has 0 spiro atoms. The summed E-state index contributed by atoms with van der Waals surface area (Å²) in [5, 5.41) is 0. The van der Waals surface area contributed by atoms with Crippen LogP contribution in [0, 0.1) is 6.92 Å². The summed E-state index contributed by atoms with van der Waals surface area (Å²) in [5.74, 6) is 2.44. The molecule has 2 aromatic heterocycles. The van der Waals surface area contributed by atoms with Crippen LogP contribution in [0.5, 0.6) is 0 Å². The van der Waals surface area contributed by atoms with Gasteiger partial charge in [0, 0.05) is 58.7 Å². The molecule has 0 saturated carbocycles. The maximum atomic E-state index is 12.5. The fourth-order valence-electron chi connectivity index (χ4n) is 3.51. The van der Waals surface area contributed by atoms with Crippen LogP contribution in [-0.2, 0) is 17.8 Å². The number of likely N-dealkylation sites (N-methyl/N-ethyl adjacent to an activating group) is 1. The van der Waals surface area contributed by atoms with Gasteiger partial charge in [-0.3, -0.25) is 19.5 Å². The molecule has 0 radical (unpaired) electrons. The highest BCUT2D eigenvalue weighted by atomic mass is 16.3. The Kier molecular flexibility index (Phi) is 6.18. The number of anilines is 1. The molecule has 3 rings (SSSR count). The van der Waals surface area contributed by atoms with Crippen molar-refractivity contribution in [1.82, 2.24) is 19.8 Å². The number of aromatic amines is 1. The molecule has 2 aromatic rings. The molecule has 8 nitrogen and oxygen atoms in total. The number of carbonyl (C=O) groups is 1. The molecule has 3 heterocycles. The van der Waals surface area contributed by atoms with Gasteiger partial charge in [0.1, 0.15) is 11.5 Å². The fraction of sp³-hybridized carbons (Fsp3) is 0.550. The van der Waals surface area contributed by atoms with Crippen molar-refractivity contribution in [3.8, 4) is 0 Å². The summed E-state index contributed by atoms with van der Waals surface area (Å²) in [6.07, 6.45) is 2.02. The first-order valence-corrected chi connectivity index (χ1v) is 9.62. The zero-order chi connectivity index (χ0) is 20.3. The van der Waals surface area contributed by atoms with Gasteiger partial charge in [-0.05, 0) is 32.5 Å². The van der Waals surface area contributed by atoms with Crippen LogP contribution in [0.1, 0.15) is 30.1 Å². The normalized spacial score (nSPS) is 16.8. The van der Waals surface area contributed by atoms with Gasteiger partial charge < -0.3 is 14.2 Å². The summed E-state index contributed by atoms with van der Waals surface area (Å²) in [6.45, 7) is 3.94.